The molecule has 1 saturated heterocycles. The maximum absolute atomic E-state index is 13.9. The van der Waals surface area contributed by atoms with Crippen LogP contribution in [0.2, 0.25) is 0 Å². The Morgan fingerprint density at radius 3 is 2.27 bits per heavy atom. The van der Waals surface area contributed by atoms with Gasteiger partial charge in [0, 0.05) is 23.1 Å². The molecule has 4 aromatic rings. The van der Waals surface area contributed by atoms with Gasteiger partial charge in [0.25, 0.3) is 5.91 Å². The number of fused-ring (bicyclic) bond motifs is 1. The van der Waals surface area contributed by atoms with Crippen molar-refractivity contribution in [3.8, 4) is 11.3 Å². The van der Waals surface area contributed by atoms with Crippen LogP contribution in [0.4, 0.5) is 0 Å². The third-order valence-corrected chi connectivity index (χ3v) is 6.50. The van der Waals surface area contributed by atoms with Gasteiger partial charge in [-0.15, -0.1) is 0 Å². The van der Waals surface area contributed by atoms with Gasteiger partial charge in [-0.05, 0) is 44.5 Å². The Kier molecular flexibility index (Phi) is 6.18. The summed E-state index contributed by atoms with van der Waals surface area (Å²) >= 11 is 0. The van der Waals surface area contributed by atoms with Gasteiger partial charge in [0.1, 0.15) is 0 Å². The Hall–Kier alpha value is -3.50. The Morgan fingerprint density at radius 1 is 0.909 bits per heavy atom. The number of carbonyl (C=O) groups is 1. The molecular weight excluding hydrogens is 406 g/mol. The van der Waals surface area contributed by atoms with Crippen LogP contribution in [0.3, 0.4) is 0 Å². The molecule has 5 rings (SSSR count). The first-order chi connectivity index (χ1) is 16.2. The number of amides is 1. The standard InChI is InChI=1S/C29H29N3O/c1-21(22-12-4-2-5-13-22)30-29(33)27-24-16-8-9-17-26(24)31-28(23-14-6-3-7-15-23)25(27)20-32-18-10-11-19-32/h2-9,12-17,21H,10-11,18-20H2,1H3,(H,30,33). The lowest BCUT2D eigenvalue weighted by Crippen LogP contribution is -2.29. The number of hydrogen-bond acceptors (Lipinski definition) is 3. The highest BCUT2D eigenvalue weighted by Crippen LogP contribution is 2.32. The van der Waals surface area contributed by atoms with E-state index in [0.29, 0.717) is 0 Å². The molecule has 4 nitrogen and oxygen atoms in total. The lowest BCUT2D eigenvalue weighted by Gasteiger charge is -2.23. The van der Waals surface area contributed by atoms with Crippen LogP contribution in [0.15, 0.2) is 84.9 Å². The van der Waals surface area contributed by atoms with E-state index in [1.165, 1.54) is 12.8 Å². The van der Waals surface area contributed by atoms with E-state index in [9.17, 15) is 4.79 Å². The Bertz CT molecular complexity index is 1250. The number of nitrogens with zero attached hydrogens (tertiary/aromatic N) is 2. The highest BCUT2D eigenvalue weighted by molar-refractivity contribution is 6.09. The molecule has 0 spiro atoms. The summed E-state index contributed by atoms with van der Waals surface area (Å²) in [7, 11) is 0. The second kappa shape index (κ2) is 9.55. The van der Waals surface area contributed by atoms with Gasteiger partial charge in [-0.3, -0.25) is 9.69 Å². The first-order valence-corrected chi connectivity index (χ1v) is 11.8. The summed E-state index contributed by atoms with van der Waals surface area (Å²) in [4.78, 5) is 21.4. The molecule has 1 amide bonds. The van der Waals surface area contributed by atoms with Gasteiger partial charge in [0.05, 0.1) is 22.8 Å². The summed E-state index contributed by atoms with van der Waals surface area (Å²) in [6.45, 7) is 4.88. The van der Waals surface area contributed by atoms with Crippen LogP contribution in [-0.2, 0) is 6.54 Å². The van der Waals surface area contributed by atoms with Gasteiger partial charge in [0.15, 0.2) is 0 Å². The molecule has 0 aliphatic carbocycles. The van der Waals surface area contributed by atoms with E-state index in [1.54, 1.807) is 0 Å². The highest BCUT2D eigenvalue weighted by Gasteiger charge is 2.25. The van der Waals surface area contributed by atoms with E-state index >= 15 is 0 Å². The van der Waals surface area contributed by atoms with Gasteiger partial charge >= 0.3 is 0 Å². The first kappa shape index (κ1) is 21.4. The second-order valence-electron chi connectivity index (χ2n) is 8.79. The zero-order valence-electron chi connectivity index (χ0n) is 19.0. The summed E-state index contributed by atoms with van der Waals surface area (Å²) in [5, 5.41) is 4.17. The summed E-state index contributed by atoms with van der Waals surface area (Å²) in [5.74, 6) is -0.0451. The predicted octanol–water partition coefficient (Wildman–Crippen LogP) is 5.99. The molecular formula is C29H29N3O. The van der Waals surface area contributed by atoms with Gasteiger partial charge in [-0.25, -0.2) is 4.98 Å². The van der Waals surface area contributed by atoms with Crippen LogP contribution in [0.1, 0.15) is 47.3 Å². The predicted molar refractivity (Wildman–Crippen MR) is 134 cm³/mol. The number of carbonyl (C=O) groups excluding carboxylic acids is 1. The van der Waals surface area contributed by atoms with Gasteiger partial charge in [-0.1, -0.05) is 78.9 Å². The molecule has 3 aromatic carbocycles. The smallest absolute Gasteiger partial charge is 0.252 e. The third kappa shape index (κ3) is 4.53. The number of benzene rings is 3. The molecule has 2 heterocycles. The lowest BCUT2D eigenvalue weighted by atomic mass is 9.95. The minimum atomic E-state index is -0.0922. The molecule has 0 radical (unpaired) electrons. The monoisotopic (exact) mass is 435 g/mol. The second-order valence-corrected chi connectivity index (χ2v) is 8.79. The summed E-state index contributed by atoms with van der Waals surface area (Å²) < 4.78 is 0. The van der Waals surface area contributed by atoms with Crippen molar-refractivity contribution in [1.82, 2.24) is 15.2 Å². The van der Waals surface area contributed by atoms with E-state index in [2.05, 4.69) is 34.5 Å². The van der Waals surface area contributed by atoms with Crippen LogP contribution >= 0.6 is 0 Å². The molecule has 166 valence electrons. The van der Waals surface area contributed by atoms with Crippen LogP contribution in [0, 0.1) is 0 Å². The molecule has 1 fully saturated rings. The third-order valence-electron chi connectivity index (χ3n) is 6.50. The quantitative estimate of drug-likeness (QED) is 0.405. The topological polar surface area (TPSA) is 45.2 Å². The molecule has 1 aliphatic rings. The Morgan fingerprint density at radius 2 is 1.55 bits per heavy atom. The number of pyridine rings is 1. The molecule has 0 bridgehead atoms. The van der Waals surface area contributed by atoms with Crippen molar-refractivity contribution in [2.24, 2.45) is 0 Å². The van der Waals surface area contributed by atoms with Crippen molar-refractivity contribution in [2.45, 2.75) is 32.4 Å². The van der Waals surface area contributed by atoms with Crippen molar-refractivity contribution in [3.63, 3.8) is 0 Å². The average molecular weight is 436 g/mol. The van der Waals surface area contributed by atoms with E-state index in [-0.39, 0.29) is 11.9 Å². The average Bonchev–Trinajstić information content (AvgIpc) is 3.38. The number of hydrogen-bond donors (Lipinski definition) is 1. The maximum Gasteiger partial charge on any atom is 0.252 e. The fraction of sp³-hybridized carbons (Fsp3) is 0.241. The fourth-order valence-electron chi connectivity index (χ4n) is 4.76. The Balaban J connectivity index is 1.65. The number of aromatic nitrogens is 1. The van der Waals surface area contributed by atoms with Crippen LogP contribution < -0.4 is 5.32 Å². The Labute approximate surface area is 195 Å². The number of rotatable bonds is 6. The lowest BCUT2D eigenvalue weighted by molar-refractivity contribution is 0.0939. The summed E-state index contributed by atoms with van der Waals surface area (Å²) in [6, 6.07) is 28.3. The van der Waals surface area contributed by atoms with Crippen molar-refractivity contribution in [3.05, 3.63) is 102 Å². The molecule has 1 N–H and O–H groups in total. The van der Waals surface area contributed by atoms with Gasteiger partial charge < -0.3 is 5.32 Å². The molecule has 4 heteroatoms. The molecule has 33 heavy (non-hydrogen) atoms. The van der Waals surface area contributed by atoms with Crippen LogP contribution in [0.25, 0.3) is 22.2 Å². The fourth-order valence-corrected chi connectivity index (χ4v) is 4.76. The molecule has 0 saturated carbocycles. The SMILES string of the molecule is CC(NC(=O)c1c(CN2CCCC2)c(-c2ccccc2)nc2ccccc12)c1ccccc1. The molecule has 1 aromatic heterocycles. The minimum absolute atomic E-state index is 0.0451. The minimum Gasteiger partial charge on any atom is -0.345 e. The zero-order chi connectivity index (χ0) is 22.6. The molecule has 1 atom stereocenters. The number of para-hydroxylation sites is 1. The van der Waals surface area contributed by atoms with E-state index in [0.717, 1.165) is 58.5 Å². The van der Waals surface area contributed by atoms with Crippen molar-refractivity contribution < 1.29 is 4.79 Å². The van der Waals surface area contributed by atoms with Crippen LogP contribution in [-0.4, -0.2) is 28.9 Å². The first-order valence-electron chi connectivity index (χ1n) is 11.8. The van der Waals surface area contributed by atoms with Gasteiger partial charge in [0.2, 0.25) is 0 Å². The highest BCUT2D eigenvalue weighted by atomic mass is 16.1. The van der Waals surface area contributed by atoms with Crippen molar-refractivity contribution >= 4 is 16.8 Å². The van der Waals surface area contributed by atoms with E-state index < -0.39 is 0 Å². The zero-order valence-corrected chi connectivity index (χ0v) is 19.0. The number of nitrogens with one attached hydrogen (secondary N) is 1. The summed E-state index contributed by atoms with van der Waals surface area (Å²) in [5.41, 5.74) is 5.64. The number of likely N-dealkylation sites (tertiary alicyclic amines) is 1. The van der Waals surface area contributed by atoms with E-state index in [4.69, 9.17) is 4.98 Å². The van der Waals surface area contributed by atoms with Crippen LogP contribution in [0.5, 0.6) is 0 Å². The maximum atomic E-state index is 13.9. The van der Waals surface area contributed by atoms with E-state index in [1.807, 2.05) is 67.6 Å². The summed E-state index contributed by atoms with van der Waals surface area (Å²) in [6.07, 6.45) is 2.41. The van der Waals surface area contributed by atoms with Crippen molar-refractivity contribution in [1.29, 1.82) is 0 Å². The van der Waals surface area contributed by atoms with Gasteiger partial charge in [-0.2, -0.15) is 0 Å². The van der Waals surface area contributed by atoms with Crippen molar-refractivity contribution in [2.75, 3.05) is 13.1 Å². The largest absolute Gasteiger partial charge is 0.345 e. The molecule has 1 aliphatic heterocycles. The normalized spacial score (nSPS) is 14.9. The molecule has 1 unspecified atom stereocenters.